The molecule has 0 saturated carbocycles. The number of para-hydroxylation sites is 3. The minimum Gasteiger partial charge on any atom is -0.454 e. The zero-order valence-corrected chi connectivity index (χ0v) is 45.9. The predicted octanol–water partition coefficient (Wildman–Crippen LogP) is 17.4. The van der Waals surface area contributed by atoms with E-state index >= 15 is 0 Å². The molecule has 3 heterocycles. The number of anilines is 9. The van der Waals surface area contributed by atoms with E-state index in [1.54, 1.807) is 0 Å². The van der Waals surface area contributed by atoms with Gasteiger partial charge in [0.1, 0.15) is 5.58 Å². The number of benzene rings is 8. The first-order valence-corrected chi connectivity index (χ1v) is 27.2. The fourth-order valence-corrected chi connectivity index (χ4v) is 14.2. The van der Waals surface area contributed by atoms with E-state index in [1.165, 1.54) is 84.5 Å². The molecule has 1 aromatic heterocycles. The minimum absolute atomic E-state index is 0.00939. The summed E-state index contributed by atoms with van der Waals surface area (Å²) >= 11 is 0. The molecule has 0 bridgehead atoms. The van der Waals surface area contributed by atoms with Crippen LogP contribution in [-0.2, 0) is 27.1 Å². The number of nitrogens with zero attached hydrogens (tertiary/aromatic N) is 3. The van der Waals surface area contributed by atoms with Crippen LogP contribution in [-0.4, -0.2) is 6.71 Å². The fourth-order valence-electron chi connectivity index (χ4n) is 14.2. The van der Waals surface area contributed by atoms with Crippen molar-refractivity contribution in [1.29, 1.82) is 0 Å². The zero-order chi connectivity index (χ0) is 51.6. The summed E-state index contributed by atoms with van der Waals surface area (Å²) in [4.78, 5) is 7.67. The van der Waals surface area contributed by atoms with Crippen LogP contribution in [0, 0.1) is 13.8 Å². The number of aryl methyl sites for hydroxylation is 2. The van der Waals surface area contributed by atoms with Gasteiger partial charge in [-0.1, -0.05) is 155 Å². The largest absolute Gasteiger partial charge is 0.454 e. The van der Waals surface area contributed by atoms with Crippen LogP contribution < -0.4 is 31.1 Å². The van der Waals surface area contributed by atoms with E-state index in [2.05, 4.69) is 256 Å². The van der Waals surface area contributed by atoms with Crippen LogP contribution in [0.2, 0.25) is 0 Å². The lowest BCUT2D eigenvalue weighted by molar-refractivity contribution is 0.332. The lowest BCUT2D eigenvalue weighted by Gasteiger charge is -2.46. The van der Waals surface area contributed by atoms with Gasteiger partial charge in [-0.05, 0) is 188 Å². The molecule has 0 spiro atoms. The Balaban J connectivity index is 1.14. The molecule has 9 aromatic rings. The Bertz CT molecular complexity index is 3750. The molecule has 2 aliphatic heterocycles. The molecule has 0 radical (unpaired) electrons. The highest BCUT2D eigenvalue weighted by molar-refractivity contribution is 7.00. The number of furan rings is 1. The Morgan fingerprint density at radius 1 is 0.473 bits per heavy atom. The van der Waals surface area contributed by atoms with Crippen molar-refractivity contribution in [2.24, 2.45) is 0 Å². The van der Waals surface area contributed by atoms with Crippen LogP contribution >= 0.6 is 0 Å². The molecule has 0 N–H and O–H groups in total. The number of hydrogen-bond acceptors (Lipinski definition) is 4. The summed E-state index contributed by atoms with van der Waals surface area (Å²) in [5.41, 5.74) is 26.2. The van der Waals surface area contributed by atoms with Crippen LogP contribution in [0.15, 0.2) is 156 Å². The van der Waals surface area contributed by atoms with Gasteiger partial charge >= 0.3 is 0 Å². The van der Waals surface area contributed by atoms with Gasteiger partial charge in [-0.15, -0.1) is 0 Å². The van der Waals surface area contributed by atoms with Crippen molar-refractivity contribution >= 4 is 96.2 Å². The van der Waals surface area contributed by atoms with E-state index in [4.69, 9.17) is 4.42 Å². The summed E-state index contributed by atoms with van der Waals surface area (Å²) in [6.45, 7) is 31.2. The average molecular weight is 968 g/mol. The van der Waals surface area contributed by atoms with Crippen molar-refractivity contribution in [1.82, 2.24) is 0 Å². The summed E-state index contributed by atoms with van der Waals surface area (Å²) in [7, 11) is 0. The van der Waals surface area contributed by atoms with Gasteiger partial charge in [-0.3, -0.25) is 0 Å². The molecule has 370 valence electrons. The van der Waals surface area contributed by atoms with Crippen LogP contribution in [0.1, 0.15) is 134 Å². The predicted molar refractivity (Wildman–Crippen MR) is 317 cm³/mol. The van der Waals surface area contributed by atoms with Crippen LogP contribution in [0.5, 0.6) is 0 Å². The van der Waals surface area contributed by atoms with Crippen LogP contribution in [0.25, 0.3) is 21.9 Å². The summed E-state index contributed by atoms with van der Waals surface area (Å²) < 4.78 is 7.23. The smallest absolute Gasteiger partial charge is 0.252 e. The van der Waals surface area contributed by atoms with Crippen molar-refractivity contribution in [2.75, 3.05) is 14.7 Å². The standard InChI is InChI=1S/C69H70BN3O/c1-42-33-60-63-61(34-42)73(57-39-52-50(35-43(57)2)66(6,7)31-32-67(52,8)9)59-40-53-51(68(10,11)41-69(53,12)13)38-55(59)70(63)54-30-28-47(71(45-21-16-14-17-22-45)46-23-18-15-19-24-46)37-58(54)72(60)56-26-20-25-49-48-29-27-44(65(3,4)5)36-62(48)74-64(49)56/h14-30,33-40H,31-32,41H2,1-13H3. The Labute approximate surface area is 440 Å². The van der Waals surface area contributed by atoms with E-state index in [0.29, 0.717) is 0 Å². The van der Waals surface area contributed by atoms with E-state index in [-0.39, 0.29) is 33.8 Å². The first kappa shape index (κ1) is 46.8. The second-order valence-corrected chi connectivity index (χ2v) is 26.1. The van der Waals surface area contributed by atoms with E-state index < -0.39 is 0 Å². The van der Waals surface area contributed by atoms with E-state index in [0.717, 1.165) is 63.2 Å². The lowest BCUT2D eigenvalue weighted by Crippen LogP contribution is -2.61. The molecule has 8 aromatic carbocycles. The molecule has 13 rings (SSSR count). The van der Waals surface area contributed by atoms with Crippen molar-refractivity contribution in [3.63, 3.8) is 0 Å². The number of rotatable bonds is 5. The van der Waals surface area contributed by atoms with Crippen molar-refractivity contribution in [3.8, 4) is 0 Å². The zero-order valence-electron chi connectivity index (χ0n) is 45.9. The highest BCUT2D eigenvalue weighted by atomic mass is 16.3. The Hall–Kier alpha value is -6.98. The highest BCUT2D eigenvalue weighted by Crippen LogP contribution is 2.55. The molecule has 0 fully saturated rings. The van der Waals surface area contributed by atoms with E-state index in [1.807, 2.05) is 0 Å². The maximum absolute atomic E-state index is 7.23. The first-order chi connectivity index (χ1) is 35.1. The molecule has 4 aliphatic rings. The van der Waals surface area contributed by atoms with Crippen molar-refractivity contribution in [3.05, 3.63) is 191 Å². The molecule has 74 heavy (non-hydrogen) atoms. The topological polar surface area (TPSA) is 22.9 Å². The van der Waals surface area contributed by atoms with Gasteiger partial charge in [0.05, 0.1) is 5.69 Å². The molecule has 0 unspecified atom stereocenters. The van der Waals surface area contributed by atoms with Gasteiger partial charge in [0.2, 0.25) is 0 Å². The van der Waals surface area contributed by atoms with Gasteiger partial charge in [0.15, 0.2) is 5.58 Å². The lowest BCUT2D eigenvalue weighted by atomic mass is 9.33. The fraction of sp³-hybridized carbons (Fsp3) is 0.304. The van der Waals surface area contributed by atoms with E-state index in [9.17, 15) is 0 Å². The number of hydrogen-bond donors (Lipinski definition) is 0. The van der Waals surface area contributed by atoms with Crippen molar-refractivity contribution in [2.45, 2.75) is 136 Å². The van der Waals surface area contributed by atoms with Gasteiger partial charge in [0.25, 0.3) is 6.71 Å². The second-order valence-electron chi connectivity index (χ2n) is 26.1. The summed E-state index contributed by atoms with van der Waals surface area (Å²) in [5, 5.41) is 2.26. The first-order valence-electron chi connectivity index (χ1n) is 27.2. The third kappa shape index (κ3) is 6.94. The molecule has 5 heteroatoms. The quantitative estimate of drug-likeness (QED) is 0.160. The Kier molecular flexibility index (Phi) is 9.97. The molecule has 0 saturated heterocycles. The summed E-state index contributed by atoms with van der Waals surface area (Å²) in [6.07, 6.45) is 3.45. The summed E-state index contributed by atoms with van der Waals surface area (Å²) in [5.74, 6) is 0. The molecule has 0 amide bonds. The van der Waals surface area contributed by atoms with Gasteiger partial charge in [0, 0.05) is 56.3 Å². The normalized spacial score (nSPS) is 17.4. The molecule has 2 aliphatic carbocycles. The van der Waals surface area contributed by atoms with Crippen molar-refractivity contribution < 1.29 is 4.42 Å². The van der Waals surface area contributed by atoms with Crippen LogP contribution in [0.3, 0.4) is 0 Å². The molecule has 4 nitrogen and oxygen atoms in total. The van der Waals surface area contributed by atoms with Crippen LogP contribution in [0.4, 0.5) is 51.2 Å². The maximum Gasteiger partial charge on any atom is 0.252 e. The Morgan fingerprint density at radius 3 is 1.68 bits per heavy atom. The monoisotopic (exact) mass is 968 g/mol. The Morgan fingerprint density at radius 2 is 1.04 bits per heavy atom. The molecular formula is C69H70BN3O. The maximum atomic E-state index is 7.23. The second kappa shape index (κ2) is 15.8. The number of fused-ring (bicyclic) bond motifs is 9. The third-order valence-electron chi connectivity index (χ3n) is 18.0. The molecule has 0 atom stereocenters. The average Bonchev–Trinajstić information content (AvgIpc) is 3.85. The van der Waals surface area contributed by atoms with Gasteiger partial charge in [-0.2, -0.15) is 0 Å². The SMILES string of the molecule is Cc1cc2c3c(c1)N(c1cccc4c1oc1cc(C(C)(C)C)ccc14)c1cc(N(c4ccccc4)c4ccccc4)ccc1B3c1cc3c(cc1N2c1cc2c(cc1C)C(C)(C)CCC2(C)C)C(C)(C)CC3(C)C. The van der Waals surface area contributed by atoms with Gasteiger partial charge < -0.3 is 19.1 Å². The summed E-state index contributed by atoms with van der Waals surface area (Å²) in [6, 6.07) is 57.9. The third-order valence-corrected chi connectivity index (χ3v) is 18.0. The van der Waals surface area contributed by atoms with Gasteiger partial charge in [-0.25, -0.2) is 0 Å². The highest BCUT2D eigenvalue weighted by Gasteiger charge is 2.49. The molecular weight excluding hydrogens is 898 g/mol. The minimum atomic E-state index is -0.0450.